The van der Waals surface area contributed by atoms with Crippen LogP contribution in [0.15, 0.2) is 17.9 Å². The van der Waals surface area contributed by atoms with E-state index >= 15 is 0 Å². The second-order valence-electron chi connectivity index (χ2n) is 5.80. The van der Waals surface area contributed by atoms with Crippen LogP contribution < -0.4 is 10.1 Å². The van der Waals surface area contributed by atoms with Gasteiger partial charge in [-0.05, 0) is 13.8 Å². The standard InChI is InChI=1S/C16H13NO7/c1-6(19)11-7(20)4-10-16(2,15(11)23)12-8(21)3-9(22)13(17-5-18)14(12)24-10/h3-5,11,21-22H,1-2H3,(H,17,18). The summed E-state index contributed by atoms with van der Waals surface area (Å²) in [7, 11) is 0. The number of anilines is 1. The van der Waals surface area contributed by atoms with Crippen molar-refractivity contribution in [1.82, 2.24) is 0 Å². The molecule has 2 unspecified atom stereocenters. The molecule has 0 saturated carbocycles. The lowest BCUT2D eigenvalue weighted by molar-refractivity contribution is -0.140. The number of rotatable bonds is 3. The van der Waals surface area contributed by atoms with Crippen LogP contribution in [0.3, 0.4) is 0 Å². The molecule has 8 nitrogen and oxygen atoms in total. The molecule has 2 atom stereocenters. The average molecular weight is 331 g/mol. The molecule has 1 aromatic carbocycles. The molecule has 1 aromatic rings. The van der Waals surface area contributed by atoms with Crippen molar-refractivity contribution in [1.29, 1.82) is 0 Å². The number of phenols is 2. The molecule has 3 rings (SSSR count). The van der Waals surface area contributed by atoms with Gasteiger partial charge >= 0.3 is 0 Å². The first-order valence-corrected chi connectivity index (χ1v) is 7.01. The van der Waals surface area contributed by atoms with Gasteiger partial charge in [-0.2, -0.15) is 0 Å². The number of benzene rings is 1. The van der Waals surface area contributed by atoms with Crippen molar-refractivity contribution in [3.8, 4) is 17.2 Å². The van der Waals surface area contributed by atoms with Gasteiger partial charge in [-0.15, -0.1) is 0 Å². The second kappa shape index (κ2) is 4.92. The molecule has 0 aromatic heterocycles. The van der Waals surface area contributed by atoms with Crippen molar-refractivity contribution in [2.45, 2.75) is 19.3 Å². The quantitative estimate of drug-likeness (QED) is 0.319. The van der Waals surface area contributed by atoms with E-state index < -0.39 is 40.2 Å². The Kier molecular flexibility index (Phi) is 3.22. The highest BCUT2D eigenvalue weighted by molar-refractivity contribution is 6.27. The molecule has 1 aliphatic heterocycles. The molecule has 0 fully saturated rings. The van der Waals surface area contributed by atoms with Crippen molar-refractivity contribution in [2.24, 2.45) is 5.92 Å². The molecule has 1 aliphatic carbocycles. The van der Waals surface area contributed by atoms with E-state index in [9.17, 15) is 29.4 Å². The minimum atomic E-state index is -1.57. The molecule has 0 spiro atoms. The number of hydrogen-bond donors (Lipinski definition) is 3. The summed E-state index contributed by atoms with van der Waals surface area (Å²) in [5.41, 5.74) is -1.73. The Balaban J connectivity index is 2.32. The van der Waals surface area contributed by atoms with E-state index in [1.165, 1.54) is 6.92 Å². The smallest absolute Gasteiger partial charge is 0.211 e. The van der Waals surface area contributed by atoms with Crippen molar-refractivity contribution in [3.05, 3.63) is 23.5 Å². The van der Waals surface area contributed by atoms with Gasteiger partial charge in [0, 0.05) is 12.1 Å². The first-order chi connectivity index (χ1) is 11.2. The van der Waals surface area contributed by atoms with Gasteiger partial charge in [-0.1, -0.05) is 0 Å². The van der Waals surface area contributed by atoms with Gasteiger partial charge in [-0.25, -0.2) is 0 Å². The Bertz CT molecular complexity index is 854. The number of allylic oxidation sites excluding steroid dienone is 2. The van der Waals surface area contributed by atoms with E-state index in [2.05, 4.69) is 5.32 Å². The Morgan fingerprint density at radius 3 is 2.58 bits per heavy atom. The number of hydrogen-bond acceptors (Lipinski definition) is 7. The van der Waals surface area contributed by atoms with Crippen LogP contribution in [0, 0.1) is 5.92 Å². The van der Waals surface area contributed by atoms with Gasteiger partial charge < -0.3 is 20.3 Å². The maximum atomic E-state index is 12.8. The van der Waals surface area contributed by atoms with Crippen LogP contribution in [0.5, 0.6) is 17.2 Å². The summed E-state index contributed by atoms with van der Waals surface area (Å²) in [6.07, 6.45) is 1.33. The summed E-state index contributed by atoms with van der Waals surface area (Å²) in [5, 5.41) is 22.3. The topological polar surface area (TPSA) is 130 Å². The van der Waals surface area contributed by atoms with Crippen LogP contribution in [-0.4, -0.2) is 34.0 Å². The Morgan fingerprint density at radius 2 is 2.00 bits per heavy atom. The molecule has 0 bridgehead atoms. The molecule has 24 heavy (non-hydrogen) atoms. The van der Waals surface area contributed by atoms with E-state index in [-0.39, 0.29) is 22.8 Å². The van der Waals surface area contributed by atoms with Crippen LogP contribution in [0.25, 0.3) is 0 Å². The van der Waals surface area contributed by atoms with Crippen molar-refractivity contribution < 1.29 is 34.1 Å². The molecular weight excluding hydrogens is 318 g/mol. The fourth-order valence-corrected chi connectivity index (χ4v) is 3.18. The lowest BCUT2D eigenvalue weighted by atomic mass is 9.68. The molecule has 1 heterocycles. The van der Waals surface area contributed by atoms with Gasteiger partial charge in [0.15, 0.2) is 17.3 Å². The number of ketones is 3. The zero-order chi connectivity index (χ0) is 17.8. The Hall–Kier alpha value is -3.16. The zero-order valence-corrected chi connectivity index (χ0v) is 12.7. The Morgan fingerprint density at radius 1 is 1.33 bits per heavy atom. The van der Waals surface area contributed by atoms with Gasteiger partial charge in [0.25, 0.3) is 0 Å². The van der Waals surface area contributed by atoms with Crippen molar-refractivity contribution in [2.75, 3.05) is 5.32 Å². The number of carbonyl (C=O) groups is 4. The molecular formula is C16H13NO7. The van der Waals surface area contributed by atoms with Crippen molar-refractivity contribution in [3.63, 3.8) is 0 Å². The highest BCUT2D eigenvalue weighted by Gasteiger charge is 2.57. The van der Waals surface area contributed by atoms with Crippen LogP contribution >= 0.6 is 0 Å². The van der Waals surface area contributed by atoms with Gasteiger partial charge in [0.1, 0.15) is 40.1 Å². The van der Waals surface area contributed by atoms with Gasteiger partial charge in [0.05, 0.1) is 5.56 Å². The van der Waals surface area contributed by atoms with Crippen molar-refractivity contribution >= 4 is 29.4 Å². The van der Waals surface area contributed by atoms with E-state index in [1.807, 2.05) is 0 Å². The monoisotopic (exact) mass is 331 g/mol. The fraction of sp³-hybridized carbons (Fsp3) is 0.250. The summed E-state index contributed by atoms with van der Waals surface area (Å²) in [6, 6.07) is 0.953. The average Bonchev–Trinajstić information content (AvgIpc) is 2.77. The van der Waals surface area contributed by atoms with E-state index in [4.69, 9.17) is 4.74 Å². The second-order valence-corrected chi connectivity index (χ2v) is 5.80. The normalized spacial score (nSPS) is 24.6. The number of Topliss-reactive ketones (excluding diaryl/α,β-unsaturated/α-hetero) is 2. The number of carbonyl (C=O) groups excluding carboxylic acids is 4. The van der Waals surface area contributed by atoms with Crippen LogP contribution in [0.2, 0.25) is 0 Å². The maximum absolute atomic E-state index is 12.8. The predicted molar refractivity (Wildman–Crippen MR) is 79.7 cm³/mol. The maximum Gasteiger partial charge on any atom is 0.211 e. The Labute approximate surface area is 135 Å². The minimum absolute atomic E-state index is 0.0142. The number of phenolic OH excluding ortho intramolecular Hbond substituents is 2. The summed E-state index contributed by atoms with van der Waals surface area (Å²) in [4.78, 5) is 47.3. The highest BCUT2D eigenvalue weighted by Crippen LogP contribution is 2.57. The third-order valence-corrected chi connectivity index (χ3v) is 4.37. The molecule has 0 saturated heterocycles. The third kappa shape index (κ3) is 1.79. The number of amides is 1. The lowest BCUT2D eigenvalue weighted by Crippen LogP contribution is -2.47. The largest absolute Gasteiger partial charge is 0.507 e. The highest BCUT2D eigenvalue weighted by atomic mass is 16.5. The zero-order valence-electron chi connectivity index (χ0n) is 12.7. The summed E-state index contributed by atoms with van der Waals surface area (Å²) >= 11 is 0. The van der Waals surface area contributed by atoms with E-state index in [1.54, 1.807) is 0 Å². The molecule has 0 radical (unpaired) electrons. The third-order valence-electron chi connectivity index (χ3n) is 4.37. The number of ether oxygens (including phenoxy) is 1. The van der Waals surface area contributed by atoms with Gasteiger partial charge in [0.2, 0.25) is 6.41 Å². The summed E-state index contributed by atoms with van der Waals surface area (Å²) in [6.45, 7) is 2.55. The first kappa shape index (κ1) is 15.7. The van der Waals surface area contributed by atoms with Gasteiger partial charge in [-0.3, -0.25) is 19.2 Å². The summed E-state index contributed by atoms with van der Waals surface area (Å²) in [5.74, 6) is -4.66. The molecule has 124 valence electrons. The molecule has 1 amide bonds. The number of aromatic hydroxyl groups is 2. The van der Waals surface area contributed by atoms with Crippen LogP contribution in [0.1, 0.15) is 19.4 Å². The number of nitrogens with one attached hydrogen (secondary N) is 1. The SMILES string of the molecule is CC(=O)C1C(=O)C=C2Oc3c(NC=O)c(O)cc(O)c3C2(C)C1=O. The predicted octanol–water partition coefficient (Wildman–Crippen LogP) is 0.557. The van der Waals surface area contributed by atoms with E-state index in [0.29, 0.717) is 6.41 Å². The first-order valence-electron chi connectivity index (χ1n) is 7.01. The molecule has 8 heteroatoms. The molecule has 3 N–H and O–H groups in total. The van der Waals surface area contributed by atoms with Crippen LogP contribution in [-0.2, 0) is 24.6 Å². The van der Waals surface area contributed by atoms with Crippen LogP contribution in [0.4, 0.5) is 5.69 Å². The molecule has 2 aliphatic rings. The lowest BCUT2D eigenvalue weighted by Gasteiger charge is -2.29. The fourth-order valence-electron chi connectivity index (χ4n) is 3.18. The summed E-state index contributed by atoms with van der Waals surface area (Å²) < 4.78 is 5.49. The number of fused-ring (bicyclic) bond motifs is 3. The minimum Gasteiger partial charge on any atom is -0.507 e. The van der Waals surface area contributed by atoms with E-state index in [0.717, 1.165) is 19.1 Å².